The molecule has 0 aliphatic rings. The molecule has 0 unspecified atom stereocenters. The lowest BCUT2D eigenvalue weighted by Crippen LogP contribution is -2.10. The first-order valence-corrected chi connectivity index (χ1v) is 6.59. The van der Waals surface area contributed by atoms with Crippen molar-refractivity contribution in [1.82, 2.24) is 0 Å². The summed E-state index contributed by atoms with van der Waals surface area (Å²) in [5.41, 5.74) is 3.03. The molecule has 0 bridgehead atoms. The van der Waals surface area contributed by atoms with Crippen LogP contribution in [0, 0.1) is 27.7 Å². The molecule has 0 saturated heterocycles. The molecule has 1 aromatic heterocycles. The van der Waals surface area contributed by atoms with Crippen molar-refractivity contribution < 1.29 is 14.0 Å². The molecule has 0 atom stereocenters. The number of hydrogen-bond acceptors (Lipinski definition) is 3. The van der Waals surface area contributed by atoms with Crippen LogP contribution in [-0.2, 0) is 0 Å². The Morgan fingerprint density at radius 1 is 0.950 bits per heavy atom. The molecule has 2 aromatic rings. The van der Waals surface area contributed by atoms with Crippen molar-refractivity contribution in [3.63, 3.8) is 0 Å². The number of rotatable bonds is 4. The minimum Gasteiger partial charge on any atom is -0.466 e. The smallest absolute Gasteiger partial charge is 0.174 e. The van der Waals surface area contributed by atoms with Gasteiger partial charge in [0, 0.05) is 5.56 Å². The van der Waals surface area contributed by atoms with Crippen LogP contribution >= 0.6 is 0 Å². The van der Waals surface area contributed by atoms with E-state index < -0.39 is 0 Å². The molecule has 0 N–H and O–H groups in total. The molecule has 3 heteroatoms. The van der Waals surface area contributed by atoms with Crippen molar-refractivity contribution >= 4 is 11.6 Å². The molecule has 0 radical (unpaired) electrons. The first-order valence-electron chi connectivity index (χ1n) is 6.59. The van der Waals surface area contributed by atoms with Crippen molar-refractivity contribution in [2.24, 2.45) is 0 Å². The van der Waals surface area contributed by atoms with Gasteiger partial charge in [0.1, 0.15) is 11.5 Å². The highest BCUT2D eigenvalue weighted by Gasteiger charge is 2.19. The van der Waals surface area contributed by atoms with Crippen LogP contribution in [0.4, 0.5) is 0 Å². The van der Waals surface area contributed by atoms with Gasteiger partial charge in [0.2, 0.25) is 0 Å². The summed E-state index contributed by atoms with van der Waals surface area (Å²) in [6.07, 6.45) is -0.121. The normalized spacial score (nSPS) is 10.6. The van der Waals surface area contributed by atoms with Crippen LogP contribution in [0.15, 0.2) is 28.7 Å². The lowest BCUT2D eigenvalue weighted by atomic mass is 9.97. The number of benzene rings is 1. The van der Waals surface area contributed by atoms with Gasteiger partial charge in [0.25, 0.3) is 0 Å². The third-order valence-corrected chi connectivity index (χ3v) is 3.36. The van der Waals surface area contributed by atoms with Crippen LogP contribution in [0.2, 0.25) is 0 Å². The van der Waals surface area contributed by atoms with E-state index in [4.69, 9.17) is 4.42 Å². The number of furan rings is 1. The molecule has 0 aliphatic heterocycles. The molecule has 0 fully saturated rings. The van der Waals surface area contributed by atoms with E-state index in [-0.39, 0.29) is 18.0 Å². The quantitative estimate of drug-likeness (QED) is 0.624. The molecule has 104 valence electrons. The second-order valence-corrected chi connectivity index (χ2v) is 5.17. The van der Waals surface area contributed by atoms with E-state index in [1.54, 1.807) is 19.9 Å². The van der Waals surface area contributed by atoms with Gasteiger partial charge in [-0.1, -0.05) is 17.7 Å². The molecular formula is C17H18O3. The Bertz CT molecular complexity index is 678. The Kier molecular flexibility index (Phi) is 3.89. The summed E-state index contributed by atoms with van der Waals surface area (Å²) in [6, 6.07) is 7.38. The van der Waals surface area contributed by atoms with Crippen molar-refractivity contribution in [1.29, 1.82) is 0 Å². The van der Waals surface area contributed by atoms with Crippen molar-refractivity contribution in [3.8, 4) is 0 Å². The van der Waals surface area contributed by atoms with E-state index in [0.717, 1.165) is 11.1 Å². The lowest BCUT2D eigenvalue weighted by Gasteiger charge is -2.05. The Morgan fingerprint density at radius 2 is 1.60 bits per heavy atom. The van der Waals surface area contributed by atoms with Crippen molar-refractivity contribution in [3.05, 3.63) is 58.0 Å². The highest BCUT2D eigenvalue weighted by Crippen LogP contribution is 2.18. The predicted molar refractivity (Wildman–Crippen MR) is 77.4 cm³/mol. The zero-order valence-electron chi connectivity index (χ0n) is 12.2. The minimum atomic E-state index is -0.190. The molecule has 2 rings (SSSR count). The molecule has 3 nitrogen and oxygen atoms in total. The highest BCUT2D eigenvalue weighted by molar-refractivity contribution is 6.14. The molecule has 20 heavy (non-hydrogen) atoms. The minimum absolute atomic E-state index is 0.121. The number of carbonyl (C=O) groups is 2. The topological polar surface area (TPSA) is 47.3 Å². The largest absolute Gasteiger partial charge is 0.466 e. The number of hydrogen-bond donors (Lipinski definition) is 0. The summed E-state index contributed by atoms with van der Waals surface area (Å²) in [5, 5.41) is 0. The number of carbonyl (C=O) groups excluding carboxylic acids is 2. The van der Waals surface area contributed by atoms with Crippen molar-refractivity contribution in [2.45, 2.75) is 34.1 Å². The van der Waals surface area contributed by atoms with Crippen LogP contribution < -0.4 is 0 Å². The standard InChI is InChI=1S/C17H18O3/c1-10-5-6-11(2)14(7-10)16(18)9-17(19)15-8-12(3)20-13(15)4/h5-8H,9H2,1-4H3. The maximum absolute atomic E-state index is 12.3. The number of aryl methyl sites for hydroxylation is 4. The highest BCUT2D eigenvalue weighted by atomic mass is 16.3. The number of ketones is 2. The fourth-order valence-corrected chi connectivity index (χ4v) is 2.28. The second kappa shape index (κ2) is 5.45. The van der Waals surface area contributed by atoms with E-state index >= 15 is 0 Å². The van der Waals surface area contributed by atoms with Gasteiger partial charge in [-0.05, 0) is 45.4 Å². The fraction of sp³-hybridized carbons (Fsp3) is 0.294. The van der Waals surface area contributed by atoms with Gasteiger partial charge < -0.3 is 4.42 Å². The first-order chi connectivity index (χ1) is 9.38. The molecule has 0 saturated carbocycles. The summed E-state index contributed by atoms with van der Waals surface area (Å²) < 4.78 is 5.33. The first kappa shape index (κ1) is 14.3. The van der Waals surface area contributed by atoms with E-state index in [2.05, 4.69) is 0 Å². The van der Waals surface area contributed by atoms with Crippen LogP contribution in [0.25, 0.3) is 0 Å². The molecule has 0 aliphatic carbocycles. The second-order valence-electron chi connectivity index (χ2n) is 5.17. The summed E-state index contributed by atoms with van der Waals surface area (Å²) >= 11 is 0. The molecule has 0 amide bonds. The summed E-state index contributed by atoms with van der Waals surface area (Å²) in [7, 11) is 0. The Morgan fingerprint density at radius 3 is 2.20 bits per heavy atom. The maximum atomic E-state index is 12.3. The summed E-state index contributed by atoms with van der Waals surface area (Å²) in [4.78, 5) is 24.4. The van der Waals surface area contributed by atoms with E-state index in [1.165, 1.54) is 0 Å². The Balaban J connectivity index is 2.21. The molecule has 1 aromatic carbocycles. The third kappa shape index (κ3) is 2.87. The Labute approximate surface area is 118 Å². The monoisotopic (exact) mass is 270 g/mol. The van der Waals surface area contributed by atoms with E-state index in [1.807, 2.05) is 32.0 Å². The summed E-state index contributed by atoms with van der Waals surface area (Å²) in [5.74, 6) is 0.922. The maximum Gasteiger partial charge on any atom is 0.174 e. The van der Waals surface area contributed by atoms with Gasteiger partial charge in [0.05, 0.1) is 12.0 Å². The molecular weight excluding hydrogens is 252 g/mol. The molecule has 1 heterocycles. The van der Waals surface area contributed by atoms with Crippen LogP contribution in [0.1, 0.15) is 49.8 Å². The van der Waals surface area contributed by atoms with E-state index in [9.17, 15) is 9.59 Å². The average molecular weight is 270 g/mol. The SMILES string of the molecule is Cc1ccc(C)c(C(=O)CC(=O)c2cc(C)oc2C)c1. The number of Topliss-reactive ketones (excluding diaryl/α,β-unsaturated/α-hetero) is 2. The van der Waals surface area contributed by atoms with Crippen molar-refractivity contribution in [2.75, 3.05) is 0 Å². The summed E-state index contributed by atoms with van der Waals surface area (Å²) in [6.45, 7) is 7.34. The van der Waals surface area contributed by atoms with Gasteiger partial charge in [-0.2, -0.15) is 0 Å². The fourth-order valence-electron chi connectivity index (χ4n) is 2.28. The Hall–Kier alpha value is -2.16. The predicted octanol–water partition coefficient (Wildman–Crippen LogP) is 3.97. The zero-order chi connectivity index (χ0) is 14.9. The third-order valence-electron chi connectivity index (χ3n) is 3.36. The van der Waals surface area contributed by atoms with Crippen LogP contribution in [0.3, 0.4) is 0 Å². The van der Waals surface area contributed by atoms with Gasteiger partial charge in [-0.25, -0.2) is 0 Å². The van der Waals surface area contributed by atoms with Crippen LogP contribution in [-0.4, -0.2) is 11.6 Å². The van der Waals surface area contributed by atoms with Crippen LogP contribution in [0.5, 0.6) is 0 Å². The van der Waals surface area contributed by atoms with E-state index in [0.29, 0.717) is 22.6 Å². The van der Waals surface area contributed by atoms with Gasteiger partial charge in [-0.15, -0.1) is 0 Å². The molecule has 0 spiro atoms. The zero-order valence-corrected chi connectivity index (χ0v) is 12.2. The average Bonchev–Trinajstić information content (AvgIpc) is 2.71. The van der Waals surface area contributed by atoms with Gasteiger partial charge in [-0.3, -0.25) is 9.59 Å². The van der Waals surface area contributed by atoms with Gasteiger partial charge in [0.15, 0.2) is 11.6 Å². The van der Waals surface area contributed by atoms with Gasteiger partial charge >= 0.3 is 0 Å². The lowest BCUT2D eigenvalue weighted by molar-refractivity contribution is 0.0893.